The summed E-state index contributed by atoms with van der Waals surface area (Å²) in [6, 6.07) is 13.9. The number of thiophene rings is 2. The van der Waals surface area contributed by atoms with Crippen molar-refractivity contribution in [2.24, 2.45) is 0 Å². The van der Waals surface area contributed by atoms with E-state index in [9.17, 15) is 4.79 Å². The summed E-state index contributed by atoms with van der Waals surface area (Å²) in [5.74, 6) is 1.59. The molecule has 0 radical (unpaired) electrons. The fourth-order valence-electron chi connectivity index (χ4n) is 3.08. The number of nitrogens with one attached hydrogen (secondary N) is 2. The third kappa shape index (κ3) is 3.87. The van der Waals surface area contributed by atoms with Gasteiger partial charge in [0.1, 0.15) is 29.8 Å². The summed E-state index contributed by atoms with van der Waals surface area (Å²) in [5, 5.41) is 4.73. The van der Waals surface area contributed by atoms with Gasteiger partial charge >= 0.3 is 0 Å². The Labute approximate surface area is 171 Å². The van der Waals surface area contributed by atoms with Gasteiger partial charge in [0.05, 0.1) is 12.4 Å². The van der Waals surface area contributed by atoms with Gasteiger partial charge in [0.2, 0.25) is 0 Å². The van der Waals surface area contributed by atoms with Crippen molar-refractivity contribution in [3.63, 3.8) is 0 Å². The highest BCUT2D eigenvalue weighted by molar-refractivity contribution is 7.18. The zero-order valence-corrected chi connectivity index (χ0v) is 17.4. The first-order valence-electron chi connectivity index (χ1n) is 9.19. The Kier molecular flexibility index (Phi) is 5.57. The number of hydrogen-bond donors (Lipinski definition) is 2. The van der Waals surface area contributed by atoms with Crippen LogP contribution in [0.1, 0.15) is 18.8 Å². The highest BCUT2D eigenvalue weighted by Gasteiger charge is 2.21. The van der Waals surface area contributed by atoms with Crippen LogP contribution in [-0.4, -0.2) is 30.2 Å². The first kappa shape index (κ1) is 18.9. The molecule has 0 spiro atoms. The van der Waals surface area contributed by atoms with Crippen molar-refractivity contribution >= 4 is 32.9 Å². The molecular formula is C21H22N3O2S2+. The standard InChI is InChI=1S/C21H21N3O2S2/c1-14(24(2)10-11-26-15-7-4-3-5-8-15)19-22-20(25)18-16(13-28-21(18)23-19)17-9-6-12-27-17/h3-9,12-14H,10-11H2,1-2H3,(H,22,23,25)/p+1/t14-/m0/s1. The second-order valence-corrected chi connectivity index (χ2v) is 8.54. The minimum absolute atomic E-state index is 0.0590. The van der Waals surface area contributed by atoms with Gasteiger partial charge in [0.15, 0.2) is 5.82 Å². The maximum Gasteiger partial charge on any atom is 0.260 e. The molecule has 0 amide bonds. The molecule has 144 valence electrons. The average Bonchev–Trinajstić information content (AvgIpc) is 3.37. The first-order chi connectivity index (χ1) is 13.6. The lowest BCUT2D eigenvalue weighted by molar-refractivity contribution is -0.910. The van der Waals surface area contributed by atoms with Gasteiger partial charge in [-0.1, -0.05) is 24.3 Å². The van der Waals surface area contributed by atoms with E-state index < -0.39 is 0 Å². The molecule has 0 saturated heterocycles. The molecule has 0 aliphatic carbocycles. The van der Waals surface area contributed by atoms with Crippen LogP contribution >= 0.6 is 22.7 Å². The minimum Gasteiger partial charge on any atom is -0.488 e. The van der Waals surface area contributed by atoms with Crippen LogP contribution in [0.15, 0.2) is 58.0 Å². The van der Waals surface area contributed by atoms with E-state index >= 15 is 0 Å². The molecule has 0 bridgehead atoms. The van der Waals surface area contributed by atoms with Gasteiger partial charge < -0.3 is 14.6 Å². The molecule has 1 aromatic carbocycles. The van der Waals surface area contributed by atoms with Crippen LogP contribution in [-0.2, 0) is 0 Å². The average molecular weight is 413 g/mol. The zero-order valence-electron chi connectivity index (χ0n) is 15.8. The van der Waals surface area contributed by atoms with Crippen molar-refractivity contribution in [1.29, 1.82) is 0 Å². The van der Waals surface area contributed by atoms with Crippen molar-refractivity contribution in [1.82, 2.24) is 9.97 Å². The largest absolute Gasteiger partial charge is 0.488 e. The SMILES string of the molecule is C[C@@H](c1nc2scc(-c3cccs3)c2c(=O)[nH]1)[NH+](C)CCOc1ccccc1. The van der Waals surface area contributed by atoms with Crippen LogP contribution in [0, 0.1) is 0 Å². The molecule has 0 fully saturated rings. The van der Waals surface area contributed by atoms with Crippen molar-refractivity contribution in [3.05, 3.63) is 69.4 Å². The first-order valence-corrected chi connectivity index (χ1v) is 10.9. The second-order valence-electron chi connectivity index (χ2n) is 6.74. The maximum atomic E-state index is 12.8. The predicted molar refractivity (Wildman–Crippen MR) is 116 cm³/mol. The van der Waals surface area contributed by atoms with Crippen molar-refractivity contribution < 1.29 is 9.64 Å². The number of fused-ring (bicyclic) bond motifs is 1. The lowest BCUT2D eigenvalue weighted by atomic mass is 10.2. The van der Waals surface area contributed by atoms with E-state index in [1.54, 1.807) is 11.3 Å². The molecule has 3 aromatic heterocycles. The van der Waals surface area contributed by atoms with E-state index in [1.807, 2.05) is 53.2 Å². The number of aromatic amines is 1. The van der Waals surface area contributed by atoms with Crippen LogP contribution in [0.2, 0.25) is 0 Å². The highest BCUT2D eigenvalue weighted by atomic mass is 32.1. The predicted octanol–water partition coefficient (Wildman–Crippen LogP) is 3.37. The highest BCUT2D eigenvalue weighted by Crippen LogP contribution is 2.33. The van der Waals surface area contributed by atoms with Crippen LogP contribution in [0.4, 0.5) is 0 Å². The summed E-state index contributed by atoms with van der Waals surface area (Å²) in [4.78, 5) is 23.7. The molecule has 7 heteroatoms. The number of ether oxygens (including phenoxy) is 1. The van der Waals surface area contributed by atoms with Crippen LogP contribution in [0.25, 0.3) is 20.7 Å². The molecule has 2 atom stereocenters. The lowest BCUT2D eigenvalue weighted by Gasteiger charge is -2.21. The Balaban J connectivity index is 1.49. The van der Waals surface area contributed by atoms with Gasteiger partial charge in [-0.05, 0) is 30.5 Å². The summed E-state index contributed by atoms with van der Waals surface area (Å²) < 4.78 is 5.79. The van der Waals surface area contributed by atoms with Gasteiger partial charge in [-0.2, -0.15) is 0 Å². The molecule has 1 unspecified atom stereocenters. The molecule has 0 aliphatic rings. The van der Waals surface area contributed by atoms with Gasteiger partial charge in [0.25, 0.3) is 5.56 Å². The smallest absolute Gasteiger partial charge is 0.260 e. The maximum absolute atomic E-state index is 12.8. The number of likely N-dealkylation sites (N-methyl/N-ethyl adjacent to an activating group) is 1. The minimum atomic E-state index is -0.0650. The molecule has 0 aliphatic heterocycles. The van der Waals surface area contributed by atoms with Gasteiger partial charge in [0, 0.05) is 15.8 Å². The van der Waals surface area contributed by atoms with Crippen molar-refractivity contribution in [2.45, 2.75) is 13.0 Å². The van der Waals surface area contributed by atoms with Gasteiger partial charge in [-0.3, -0.25) is 4.79 Å². The zero-order chi connectivity index (χ0) is 19.5. The molecule has 28 heavy (non-hydrogen) atoms. The third-order valence-electron chi connectivity index (χ3n) is 4.91. The number of para-hydroxylation sites is 1. The Bertz CT molecular complexity index is 1100. The van der Waals surface area contributed by atoms with E-state index in [0.717, 1.165) is 27.6 Å². The molecule has 4 rings (SSSR count). The number of H-pyrrole nitrogens is 1. The summed E-state index contributed by atoms with van der Waals surface area (Å²) in [6.07, 6.45) is 0. The Morgan fingerprint density at radius 3 is 2.75 bits per heavy atom. The summed E-state index contributed by atoms with van der Waals surface area (Å²) >= 11 is 3.16. The van der Waals surface area contributed by atoms with E-state index in [1.165, 1.54) is 16.2 Å². The van der Waals surface area contributed by atoms with Crippen LogP contribution in [0.5, 0.6) is 5.75 Å². The summed E-state index contributed by atoms with van der Waals surface area (Å²) in [6.45, 7) is 3.49. The Morgan fingerprint density at radius 2 is 2.00 bits per heavy atom. The molecule has 4 aromatic rings. The number of benzene rings is 1. The molecule has 2 N–H and O–H groups in total. The van der Waals surface area contributed by atoms with Gasteiger partial charge in [-0.15, -0.1) is 22.7 Å². The summed E-state index contributed by atoms with van der Waals surface area (Å²) in [7, 11) is 2.09. The van der Waals surface area contributed by atoms with Crippen LogP contribution < -0.4 is 15.2 Å². The van der Waals surface area contributed by atoms with Crippen molar-refractivity contribution in [3.8, 4) is 16.2 Å². The second kappa shape index (κ2) is 8.26. The van der Waals surface area contributed by atoms with E-state index in [-0.39, 0.29) is 11.6 Å². The van der Waals surface area contributed by atoms with E-state index in [4.69, 9.17) is 9.72 Å². The number of hydrogen-bond acceptors (Lipinski definition) is 5. The lowest BCUT2D eigenvalue weighted by Crippen LogP contribution is -3.09. The van der Waals surface area contributed by atoms with E-state index in [2.05, 4.69) is 19.0 Å². The monoisotopic (exact) mass is 412 g/mol. The Morgan fingerprint density at radius 1 is 1.18 bits per heavy atom. The van der Waals surface area contributed by atoms with E-state index in [0.29, 0.717) is 17.8 Å². The Hall–Kier alpha value is -2.48. The number of aromatic nitrogens is 2. The molecule has 0 saturated carbocycles. The summed E-state index contributed by atoms with van der Waals surface area (Å²) in [5.41, 5.74) is 0.907. The van der Waals surface area contributed by atoms with Crippen molar-refractivity contribution in [2.75, 3.05) is 20.2 Å². The molecular weight excluding hydrogens is 390 g/mol. The normalized spacial score (nSPS) is 13.5. The fourth-order valence-corrected chi connectivity index (χ4v) is 4.85. The van der Waals surface area contributed by atoms with Crippen LogP contribution in [0.3, 0.4) is 0 Å². The topological polar surface area (TPSA) is 59.4 Å². The third-order valence-corrected chi connectivity index (χ3v) is 6.68. The van der Waals surface area contributed by atoms with Gasteiger partial charge in [-0.25, -0.2) is 4.98 Å². The quantitative estimate of drug-likeness (QED) is 0.489. The number of rotatable bonds is 7. The molecule has 3 heterocycles. The number of nitrogens with zero attached hydrogens (tertiary/aromatic N) is 1. The number of quaternary nitrogens is 1. The fraction of sp³-hybridized carbons (Fsp3) is 0.238. The molecule has 5 nitrogen and oxygen atoms in total.